The Kier molecular flexibility index (Phi) is 6.86. The molecule has 2 unspecified atom stereocenters. The lowest BCUT2D eigenvalue weighted by Gasteiger charge is -2.28. The molecule has 2 atom stereocenters. The van der Waals surface area contributed by atoms with Gasteiger partial charge in [-0.3, -0.25) is 19.0 Å². The van der Waals surface area contributed by atoms with E-state index in [1.54, 1.807) is 25.1 Å². The number of alkyl halides is 3. The Hall–Kier alpha value is -3.38. The molecule has 0 radical (unpaired) electrons. The molecule has 184 valence electrons. The normalized spacial score (nSPS) is 18.4. The summed E-state index contributed by atoms with van der Waals surface area (Å²) in [6.07, 6.45) is -0.407. The number of benzene rings is 2. The van der Waals surface area contributed by atoms with E-state index in [1.165, 1.54) is 28.8 Å². The van der Waals surface area contributed by atoms with E-state index in [-0.39, 0.29) is 47.0 Å². The van der Waals surface area contributed by atoms with Crippen molar-refractivity contribution in [2.45, 2.75) is 49.0 Å². The number of amides is 2. The van der Waals surface area contributed by atoms with Crippen LogP contribution in [0.1, 0.15) is 40.6 Å². The number of nitrogens with one attached hydrogen (secondary N) is 2. The molecular formula is C23H21F3N4O4S. The number of hydrogen-bond donors (Lipinski definition) is 3. The van der Waals surface area contributed by atoms with E-state index >= 15 is 0 Å². The van der Waals surface area contributed by atoms with Gasteiger partial charge in [0.2, 0.25) is 5.91 Å². The zero-order valence-electron chi connectivity index (χ0n) is 18.4. The van der Waals surface area contributed by atoms with Crippen LogP contribution < -0.4 is 16.2 Å². The van der Waals surface area contributed by atoms with E-state index in [4.69, 9.17) is 0 Å². The first kappa shape index (κ1) is 24.7. The van der Waals surface area contributed by atoms with Crippen molar-refractivity contribution < 1.29 is 27.9 Å². The standard InChI is InChI=1S/C23H21F3N4O4S/c1-12-28-16-4-2-3-14(19(16)22(34)30(12)17-9-10-18(31)29-21(17)33)11-27-20(32)13-5-7-15(8-6-13)35-23(24,25)26/h2-8,17-18,31H,9-11H2,1H3,(H,27,32)(H,29,33). The summed E-state index contributed by atoms with van der Waals surface area (Å²) >= 11 is -0.269. The minimum Gasteiger partial charge on any atom is -0.374 e. The van der Waals surface area contributed by atoms with E-state index in [0.29, 0.717) is 16.9 Å². The number of nitrogens with zero attached hydrogens (tertiary/aromatic N) is 2. The summed E-state index contributed by atoms with van der Waals surface area (Å²) in [7, 11) is 0. The molecule has 4 rings (SSSR count). The smallest absolute Gasteiger partial charge is 0.374 e. The number of fused-ring (bicyclic) bond motifs is 1. The highest BCUT2D eigenvalue weighted by molar-refractivity contribution is 8.00. The predicted molar refractivity (Wildman–Crippen MR) is 123 cm³/mol. The average Bonchev–Trinajstić information content (AvgIpc) is 2.78. The lowest BCUT2D eigenvalue weighted by atomic mass is 10.0. The SMILES string of the molecule is Cc1nc2cccc(CNC(=O)c3ccc(SC(F)(F)F)cc3)c2c(=O)n1C1CCC(O)NC1=O. The van der Waals surface area contributed by atoms with Crippen molar-refractivity contribution in [1.82, 2.24) is 20.2 Å². The van der Waals surface area contributed by atoms with Crippen molar-refractivity contribution in [3.05, 3.63) is 69.8 Å². The van der Waals surface area contributed by atoms with Gasteiger partial charge in [0.25, 0.3) is 11.5 Å². The van der Waals surface area contributed by atoms with Crippen LogP contribution in [-0.4, -0.2) is 38.2 Å². The molecule has 2 amide bonds. The monoisotopic (exact) mass is 506 g/mol. The molecular weight excluding hydrogens is 485 g/mol. The molecule has 3 N–H and O–H groups in total. The van der Waals surface area contributed by atoms with E-state index in [1.807, 2.05) is 0 Å². The molecule has 35 heavy (non-hydrogen) atoms. The number of aryl methyl sites for hydroxylation is 1. The fraction of sp³-hybridized carbons (Fsp3) is 0.304. The van der Waals surface area contributed by atoms with Gasteiger partial charge in [-0.25, -0.2) is 4.98 Å². The van der Waals surface area contributed by atoms with Crippen LogP contribution in [0.4, 0.5) is 13.2 Å². The maximum Gasteiger partial charge on any atom is 0.446 e. The highest BCUT2D eigenvalue weighted by Crippen LogP contribution is 2.36. The molecule has 1 aromatic heterocycles. The Morgan fingerprint density at radius 3 is 2.57 bits per heavy atom. The zero-order valence-corrected chi connectivity index (χ0v) is 19.2. The van der Waals surface area contributed by atoms with Gasteiger partial charge < -0.3 is 15.7 Å². The van der Waals surface area contributed by atoms with E-state index < -0.39 is 35.2 Å². The van der Waals surface area contributed by atoms with Crippen LogP contribution >= 0.6 is 11.8 Å². The van der Waals surface area contributed by atoms with Crippen LogP contribution in [0.25, 0.3) is 10.9 Å². The number of carbonyl (C=O) groups excluding carboxylic acids is 2. The van der Waals surface area contributed by atoms with Crippen LogP contribution in [0.5, 0.6) is 0 Å². The number of carbonyl (C=O) groups is 2. The van der Waals surface area contributed by atoms with Crippen LogP contribution in [0.2, 0.25) is 0 Å². The van der Waals surface area contributed by atoms with Crippen molar-refractivity contribution in [1.29, 1.82) is 0 Å². The summed E-state index contributed by atoms with van der Waals surface area (Å²) in [5.41, 5.74) is -3.82. The molecule has 1 aliphatic rings. The zero-order chi connectivity index (χ0) is 25.3. The van der Waals surface area contributed by atoms with Crippen LogP contribution in [-0.2, 0) is 11.3 Å². The summed E-state index contributed by atoms with van der Waals surface area (Å²) in [6.45, 7) is 1.58. The second kappa shape index (κ2) is 9.70. The van der Waals surface area contributed by atoms with Crippen molar-refractivity contribution in [3.8, 4) is 0 Å². The molecule has 1 aliphatic heterocycles. The molecule has 3 aromatic rings. The first-order valence-corrected chi connectivity index (χ1v) is 11.5. The van der Waals surface area contributed by atoms with Gasteiger partial charge in [-0.2, -0.15) is 13.2 Å². The van der Waals surface area contributed by atoms with Crippen LogP contribution in [0, 0.1) is 6.92 Å². The lowest BCUT2D eigenvalue weighted by Crippen LogP contribution is -2.47. The fourth-order valence-electron chi connectivity index (χ4n) is 4.05. The Bertz CT molecular complexity index is 1340. The molecule has 2 aromatic carbocycles. The van der Waals surface area contributed by atoms with Gasteiger partial charge in [0.15, 0.2) is 0 Å². The number of piperidine rings is 1. The number of aliphatic hydroxyl groups is 1. The minimum atomic E-state index is -4.42. The van der Waals surface area contributed by atoms with Crippen molar-refractivity contribution in [2.24, 2.45) is 0 Å². The van der Waals surface area contributed by atoms with Gasteiger partial charge >= 0.3 is 5.51 Å². The fourth-order valence-corrected chi connectivity index (χ4v) is 4.59. The molecule has 0 bridgehead atoms. The van der Waals surface area contributed by atoms with Crippen molar-refractivity contribution in [2.75, 3.05) is 0 Å². The van der Waals surface area contributed by atoms with Crippen molar-refractivity contribution in [3.63, 3.8) is 0 Å². The number of thioether (sulfide) groups is 1. The van der Waals surface area contributed by atoms with Gasteiger partial charge in [-0.15, -0.1) is 0 Å². The maximum atomic E-state index is 13.4. The van der Waals surface area contributed by atoms with Crippen LogP contribution in [0.15, 0.2) is 52.2 Å². The van der Waals surface area contributed by atoms with Gasteiger partial charge in [0, 0.05) is 17.0 Å². The molecule has 0 spiro atoms. The number of hydrogen-bond acceptors (Lipinski definition) is 6. The maximum absolute atomic E-state index is 13.4. The molecule has 1 saturated heterocycles. The van der Waals surface area contributed by atoms with Crippen LogP contribution in [0.3, 0.4) is 0 Å². The molecule has 8 nitrogen and oxygen atoms in total. The first-order valence-electron chi connectivity index (χ1n) is 10.7. The average molecular weight is 507 g/mol. The first-order chi connectivity index (χ1) is 16.5. The molecule has 12 heteroatoms. The summed E-state index contributed by atoms with van der Waals surface area (Å²) in [5.74, 6) is -0.656. The Morgan fingerprint density at radius 2 is 1.91 bits per heavy atom. The summed E-state index contributed by atoms with van der Waals surface area (Å²) in [5, 5.41) is 15.0. The molecule has 1 fully saturated rings. The lowest BCUT2D eigenvalue weighted by molar-refractivity contribution is -0.130. The van der Waals surface area contributed by atoms with Gasteiger partial charge in [-0.05, 0) is 67.4 Å². The van der Waals surface area contributed by atoms with Gasteiger partial charge in [-0.1, -0.05) is 12.1 Å². The number of halogens is 3. The van der Waals surface area contributed by atoms with Gasteiger partial charge in [0.05, 0.1) is 10.9 Å². The minimum absolute atomic E-state index is 0.0369. The number of rotatable bonds is 5. The third kappa shape index (κ3) is 5.49. The number of aromatic nitrogens is 2. The highest BCUT2D eigenvalue weighted by atomic mass is 32.2. The second-order valence-corrected chi connectivity index (χ2v) is 9.16. The van der Waals surface area contributed by atoms with E-state index in [9.17, 15) is 32.7 Å². The summed E-state index contributed by atoms with van der Waals surface area (Å²) < 4.78 is 38.8. The summed E-state index contributed by atoms with van der Waals surface area (Å²) in [4.78, 5) is 42.8. The molecule has 0 saturated carbocycles. The highest BCUT2D eigenvalue weighted by Gasteiger charge is 2.31. The molecule has 2 heterocycles. The Labute approximate surface area is 201 Å². The largest absolute Gasteiger partial charge is 0.446 e. The third-order valence-corrected chi connectivity index (χ3v) is 6.36. The Morgan fingerprint density at radius 1 is 1.20 bits per heavy atom. The predicted octanol–water partition coefficient (Wildman–Crippen LogP) is 3.02. The second-order valence-electron chi connectivity index (χ2n) is 8.02. The van der Waals surface area contributed by atoms with E-state index in [2.05, 4.69) is 15.6 Å². The Balaban J connectivity index is 1.59. The van der Waals surface area contributed by atoms with Crippen molar-refractivity contribution >= 4 is 34.5 Å². The third-order valence-electron chi connectivity index (χ3n) is 5.62. The van der Waals surface area contributed by atoms with Gasteiger partial charge in [0.1, 0.15) is 18.1 Å². The topological polar surface area (TPSA) is 113 Å². The summed E-state index contributed by atoms with van der Waals surface area (Å²) in [6, 6.07) is 9.18. The number of aliphatic hydroxyl groups excluding tert-OH is 1. The quantitative estimate of drug-likeness (QED) is 0.459. The van der Waals surface area contributed by atoms with E-state index in [0.717, 1.165) is 0 Å². The molecule has 0 aliphatic carbocycles.